The summed E-state index contributed by atoms with van der Waals surface area (Å²) < 4.78 is 5.61. The van der Waals surface area contributed by atoms with E-state index >= 15 is 0 Å². The van der Waals surface area contributed by atoms with Crippen LogP contribution in [0.4, 0.5) is 11.4 Å². The average Bonchev–Trinajstić information content (AvgIpc) is 3.58. The third kappa shape index (κ3) is 4.09. The van der Waals surface area contributed by atoms with Crippen molar-refractivity contribution in [1.29, 1.82) is 0 Å². The highest BCUT2D eigenvalue weighted by Crippen LogP contribution is 2.43. The van der Waals surface area contributed by atoms with Crippen molar-refractivity contribution < 1.29 is 23.9 Å². The van der Waals surface area contributed by atoms with Gasteiger partial charge < -0.3 is 14.8 Å². The lowest BCUT2D eigenvalue weighted by molar-refractivity contribution is -0.117. The Kier molecular flexibility index (Phi) is 5.99. The van der Waals surface area contributed by atoms with E-state index in [1.807, 2.05) is 30.3 Å². The lowest BCUT2D eigenvalue weighted by Crippen LogP contribution is -2.30. The highest BCUT2D eigenvalue weighted by atomic mass is 32.1. The predicted molar refractivity (Wildman–Crippen MR) is 136 cm³/mol. The minimum Gasteiger partial charge on any atom is -0.503 e. The molecule has 2 amide bonds. The minimum absolute atomic E-state index is 0.0914. The van der Waals surface area contributed by atoms with E-state index in [4.69, 9.17) is 4.42 Å². The summed E-state index contributed by atoms with van der Waals surface area (Å²) in [6.07, 6.45) is 1.44. The molecule has 1 atom stereocenters. The number of hydrogen-bond acceptors (Lipinski definition) is 7. The number of Topliss-reactive ketones (excluding diaryl/α,β-unsaturated/α-hetero) is 1. The van der Waals surface area contributed by atoms with Crippen molar-refractivity contribution in [3.8, 4) is 10.6 Å². The van der Waals surface area contributed by atoms with E-state index < -0.39 is 23.5 Å². The molecule has 9 heteroatoms. The summed E-state index contributed by atoms with van der Waals surface area (Å²) >= 11 is 1.20. The quantitative estimate of drug-likeness (QED) is 0.341. The number of carbonyl (C=O) groups is 3. The summed E-state index contributed by atoms with van der Waals surface area (Å²) in [6, 6.07) is 18.4. The number of amides is 2. The van der Waals surface area contributed by atoms with E-state index in [-0.39, 0.29) is 11.5 Å². The van der Waals surface area contributed by atoms with Crippen molar-refractivity contribution in [3.63, 3.8) is 0 Å². The zero-order valence-corrected chi connectivity index (χ0v) is 20.2. The summed E-state index contributed by atoms with van der Waals surface area (Å²) in [4.78, 5) is 44.9. The lowest BCUT2D eigenvalue weighted by Gasteiger charge is -2.25. The van der Waals surface area contributed by atoms with Crippen molar-refractivity contribution in [1.82, 2.24) is 4.98 Å². The van der Waals surface area contributed by atoms with E-state index in [1.54, 1.807) is 43.3 Å². The molecule has 0 saturated carbocycles. The van der Waals surface area contributed by atoms with Gasteiger partial charge in [0.05, 0.1) is 22.4 Å². The molecule has 4 aromatic rings. The van der Waals surface area contributed by atoms with E-state index in [9.17, 15) is 19.5 Å². The van der Waals surface area contributed by atoms with Crippen LogP contribution in [0.25, 0.3) is 10.6 Å². The van der Waals surface area contributed by atoms with Crippen LogP contribution in [-0.2, 0) is 9.59 Å². The van der Waals surface area contributed by atoms with Crippen molar-refractivity contribution in [3.05, 3.63) is 101 Å². The number of aliphatic hydroxyl groups is 1. The number of benzene rings is 2. The van der Waals surface area contributed by atoms with Gasteiger partial charge >= 0.3 is 0 Å². The van der Waals surface area contributed by atoms with Gasteiger partial charge in [0.15, 0.2) is 5.76 Å². The molecular weight excluding hydrogens is 478 g/mol. The molecule has 0 saturated heterocycles. The maximum Gasteiger partial charge on any atom is 0.294 e. The zero-order chi connectivity index (χ0) is 25.4. The molecule has 3 heterocycles. The first kappa shape index (κ1) is 23.3. The van der Waals surface area contributed by atoms with E-state index in [0.29, 0.717) is 32.7 Å². The van der Waals surface area contributed by atoms with E-state index in [0.717, 1.165) is 5.56 Å². The Bertz CT molecular complexity index is 1510. The standard InChI is InChI=1S/C27H21N3O5S/c1-15-25(36-26(28-15)17-8-4-3-5-9-17)23(32)21-22(20-12-7-13-35-20)30(27(34)24(21)33)19-11-6-10-18(14-19)29-16(2)31/h3-14,22,33H,1-2H3,(H,29,31). The maximum absolute atomic E-state index is 13.8. The van der Waals surface area contributed by atoms with E-state index in [1.165, 1.54) is 29.4 Å². The van der Waals surface area contributed by atoms with Gasteiger partial charge in [-0.3, -0.25) is 19.3 Å². The summed E-state index contributed by atoms with van der Waals surface area (Å²) in [6.45, 7) is 3.10. The molecule has 1 unspecified atom stereocenters. The van der Waals surface area contributed by atoms with Gasteiger partial charge in [0.1, 0.15) is 16.8 Å². The molecule has 2 aromatic carbocycles. The molecule has 5 rings (SSSR count). The molecule has 0 aliphatic carbocycles. The number of nitrogens with zero attached hydrogens (tertiary/aromatic N) is 2. The van der Waals surface area contributed by atoms with Crippen molar-refractivity contribution in [2.45, 2.75) is 19.9 Å². The van der Waals surface area contributed by atoms with Gasteiger partial charge in [0, 0.05) is 23.9 Å². The molecular formula is C27H21N3O5S. The normalized spacial score (nSPS) is 15.4. The number of furan rings is 1. The SMILES string of the molecule is CC(=O)Nc1cccc(N2C(=O)C(O)=C(C(=O)c3sc(-c4ccccc4)nc3C)C2c2ccco2)c1. The van der Waals surface area contributed by atoms with Crippen molar-refractivity contribution >= 4 is 40.3 Å². The van der Waals surface area contributed by atoms with Crippen LogP contribution in [0.1, 0.15) is 34.1 Å². The number of thiazole rings is 1. The minimum atomic E-state index is -1.01. The van der Waals surface area contributed by atoms with Crippen LogP contribution in [0, 0.1) is 6.92 Å². The van der Waals surface area contributed by atoms with Crippen LogP contribution in [0.15, 0.2) is 88.7 Å². The number of hydrogen-bond donors (Lipinski definition) is 2. The first-order valence-electron chi connectivity index (χ1n) is 11.1. The maximum atomic E-state index is 13.8. The molecule has 0 fully saturated rings. The average molecular weight is 500 g/mol. The fourth-order valence-electron chi connectivity index (χ4n) is 4.19. The highest BCUT2D eigenvalue weighted by molar-refractivity contribution is 7.17. The van der Waals surface area contributed by atoms with Crippen LogP contribution in [0.3, 0.4) is 0 Å². The number of aliphatic hydroxyl groups excluding tert-OH is 1. The molecule has 2 N–H and O–H groups in total. The van der Waals surface area contributed by atoms with Crippen LogP contribution >= 0.6 is 11.3 Å². The Morgan fingerprint density at radius 2 is 1.86 bits per heavy atom. The number of nitrogens with one attached hydrogen (secondary N) is 1. The van der Waals surface area contributed by atoms with Gasteiger partial charge in [-0.2, -0.15) is 0 Å². The first-order valence-corrected chi connectivity index (χ1v) is 11.9. The summed E-state index contributed by atoms with van der Waals surface area (Å²) in [5.41, 5.74) is 2.13. The van der Waals surface area contributed by atoms with Crippen LogP contribution in [-0.4, -0.2) is 27.7 Å². The predicted octanol–water partition coefficient (Wildman–Crippen LogP) is 5.45. The fourth-order valence-corrected chi connectivity index (χ4v) is 5.22. The van der Waals surface area contributed by atoms with Gasteiger partial charge in [-0.25, -0.2) is 4.98 Å². The molecule has 36 heavy (non-hydrogen) atoms. The third-order valence-corrected chi connectivity index (χ3v) is 6.94. The molecule has 8 nitrogen and oxygen atoms in total. The number of anilines is 2. The van der Waals surface area contributed by atoms with Gasteiger partial charge in [-0.05, 0) is 37.3 Å². The number of rotatable bonds is 6. The number of carbonyl (C=O) groups excluding carboxylic acids is 3. The zero-order valence-electron chi connectivity index (χ0n) is 19.4. The van der Waals surface area contributed by atoms with Gasteiger partial charge in [-0.1, -0.05) is 36.4 Å². The smallest absolute Gasteiger partial charge is 0.294 e. The summed E-state index contributed by atoms with van der Waals surface area (Å²) in [5.74, 6) is -1.86. The molecule has 1 aliphatic heterocycles. The molecule has 0 bridgehead atoms. The largest absolute Gasteiger partial charge is 0.503 e. The Balaban J connectivity index is 1.59. The molecule has 0 spiro atoms. The molecule has 180 valence electrons. The summed E-state index contributed by atoms with van der Waals surface area (Å²) in [5, 5.41) is 14.3. The Morgan fingerprint density at radius 3 is 2.56 bits per heavy atom. The topological polar surface area (TPSA) is 113 Å². The number of aryl methyl sites for hydroxylation is 1. The second kappa shape index (κ2) is 9.27. The first-order chi connectivity index (χ1) is 17.3. The van der Waals surface area contributed by atoms with Crippen molar-refractivity contribution in [2.24, 2.45) is 0 Å². The molecule has 2 aromatic heterocycles. The second-order valence-corrected chi connectivity index (χ2v) is 9.21. The summed E-state index contributed by atoms with van der Waals surface area (Å²) in [7, 11) is 0. The number of aromatic nitrogens is 1. The highest BCUT2D eigenvalue weighted by Gasteiger charge is 2.46. The fraction of sp³-hybridized carbons (Fsp3) is 0.111. The molecule has 0 radical (unpaired) electrons. The van der Waals surface area contributed by atoms with E-state index in [2.05, 4.69) is 10.3 Å². The van der Waals surface area contributed by atoms with Gasteiger partial charge in [-0.15, -0.1) is 11.3 Å². The Labute approximate surface area is 210 Å². The monoisotopic (exact) mass is 499 g/mol. The third-order valence-electron chi connectivity index (χ3n) is 5.73. The lowest BCUT2D eigenvalue weighted by atomic mass is 9.99. The van der Waals surface area contributed by atoms with Crippen LogP contribution in [0.2, 0.25) is 0 Å². The van der Waals surface area contributed by atoms with Gasteiger partial charge in [0.25, 0.3) is 5.91 Å². The van der Waals surface area contributed by atoms with Gasteiger partial charge in [0.2, 0.25) is 11.7 Å². The number of ketones is 1. The Hall–Kier alpha value is -4.50. The Morgan fingerprint density at radius 1 is 1.08 bits per heavy atom. The van der Waals surface area contributed by atoms with Crippen LogP contribution in [0.5, 0.6) is 0 Å². The van der Waals surface area contributed by atoms with Crippen molar-refractivity contribution in [2.75, 3.05) is 10.2 Å². The molecule has 1 aliphatic rings. The second-order valence-electron chi connectivity index (χ2n) is 8.22. The van der Waals surface area contributed by atoms with Crippen LogP contribution < -0.4 is 10.2 Å².